The van der Waals surface area contributed by atoms with Crippen LogP contribution >= 0.6 is 0 Å². The van der Waals surface area contributed by atoms with Gasteiger partial charge < -0.3 is 14.8 Å². The summed E-state index contributed by atoms with van der Waals surface area (Å²) in [7, 11) is 1.80. The van der Waals surface area contributed by atoms with Crippen molar-refractivity contribution in [2.75, 3.05) is 18.4 Å². The van der Waals surface area contributed by atoms with Crippen molar-refractivity contribution >= 4 is 17.5 Å². The Hall–Kier alpha value is -3.36. The zero-order valence-electron chi connectivity index (χ0n) is 15.0. The molecule has 1 fully saturated rings. The fraction of sp³-hybridized carbons (Fsp3) is 0.278. The molecule has 3 aromatic heterocycles. The van der Waals surface area contributed by atoms with Crippen LogP contribution in [0.15, 0.2) is 30.7 Å². The molecule has 0 spiro atoms. The maximum atomic E-state index is 14.2. The summed E-state index contributed by atoms with van der Waals surface area (Å²) in [4.78, 5) is 30.5. The van der Waals surface area contributed by atoms with Gasteiger partial charge in [-0.2, -0.15) is 0 Å². The molecule has 1 amide bonds. The van der Waals surface area contributed by atoms with Gasteiger partial charge in [0, 0.05) is 20.1 Å². The number of rotatable bonds is 4. The Morgan fingerprint density at radius 2 is 1.96 bits per heavy atom. The number of nitrogens with one attached hydrogen (secondary N) is 1. The fourth-order valence-corrected chi connectivity index (χ4v) is 2.73. The summed E-state index contributed by atoms with van der Waals surface area (Å²) in [5.41, 5.74) is 1.72. The molecule has 0 saturated carbocycles. The Morgan fingerprint density at radius 3 is 2.56 bits per heavy atom. The van der Waals surface area contributed by atoms with Crippen molar-refractivity contribution in [3.8, 4) is 11.4 Å². The number of aromatic nitrogens is 5. The molecule has 0 bridgehead atoms. The molecule has 9 heteroatoms. The van der Waals surface area contributed by atoms with Crippen LogP contribution < -0.4 is 5.32 Å². The summed E-state index contributed by atoms with van der Waals surface area (Å²) in [5, 5.41) is 2.98. The largest absolute Gasteiger partial charge is 0.337 e. The number of carbonyl (C=O) groups is 1. The van der Waals surface area contributed by atoms with Gasteiger partial charge in [-0.25, -0.2) is 24.3 Å². The quantitative estimate of drug-likeness (QED) is 0.761. The third-order valence-electron chi connectivity index (χ3n) is 4.59. The number of carbonyl (C=O) groups excluding carboxylic acids is 1. The number of nitrogens with zero attached hydrogens (tertiary/aromatic N) is 6. The summed E-state index contributed by atoms with van der Waals surface area (Å²) in [5.74, 6) is 0.384. The van der Waals surface area contributed by atoms with Gasteiger partial charge in [0.25, 0.3) is 5.91 Å². The summed E-state index contributed by atoms with van der Waals surface area (Å²) in [6.07, 6.45) is 5.25. The molecule has 0 aromatic carbocycles. The van der Waals surface area contributed by atoms with Crippen LogP contribution in [-0.2, 0) is 7.05 Å². The second kappa shape index (κ2) is 6.75. The number of aryl methyl sites for hydroxylation is 1. The van der Waals surface area contributed by atoms with Crippen molar-refractivity contribution in [1.82, 2.24) is 29.4 Å². The van der Waals surface area contributed by atoms with E-state index in [2.05, 4.69) is 25.3 Å². The molecular weight excluding hydrogens is 349 g/mol. The van der Waals surface area contributed by atoms with Gasteiger partial charge in [0.1, 0.15) is 17.2 Å². The molecule has 4 heterocycles. The first-order chi connectivity index (χ1) is 13.0. The van der Waals surface area contributed by atoms with Crippen LogP contribution in [0.5, 0.6) is 0 Å². The SMILES string of the molecule is Cc1ncc(-c2nc(Nc3ccc(C(=O)N4CCC4)nc3)ncc2F)n1C. The zero-order valence-corrected chi connectivity index (χ0v) is 15.0. The van der Waals surface area contributed by atoms with Crippen LogP contribution in [0, 0.1) is 12.7 Å². The van der Waals surface area contributed by atoms with Crippen LogP contribution in [0.4, 0.5) is 16.0 Å². The van der Waals surface area contributed by atoms with Crippen molar-refractivity contribution in [3.05, 3.63) is 48.1 Å². The lowest BCUT2D eigenvalue weighted by atomic mass is 10.2. The van der Waals surface area contributed by atoms with E-state index in [0.29, 0.717) is 17.1 Å². The molecule has 4 rings (SSSR count). The predicted molar refractivity (Wildman–Crippen MR) is 97.0 cm³/mol. The van der Waals surface area contributed by atoms with E-state index in [9.17, 15) is 9.18 Å². The zero-order chi connectivity index (χ0) is 19.0. The maximum absolute atomic E-state index is 14.2. The highest BCUT2D eigenvalue weighted by Crippen LogP contribution is 2.23. The molecule has 138 valence electrons. The number of amides is 1. The molecule has 0 aliphatic carbocycles. The highest BCUT2D eigenvalue weighted by molar-refractivity contribution is 5.93. The average molecular weight is 367 g/mol. The van der Waals surface area contributed by atoms with Gasteiger partial charge in [-0.3, -0.25) is 4.79 Å². The topological polar surface area (TPSA) is 88.8 Å². The van der Waals surface area contributed by atoms with E-state index in [1.807, 2.05) is 6.92 Å². The number of hydrogen-bond acceptors (Lipinski definition) is 6. The second-order valence-corrected chi connectivity index (χ2v) is 6.34. The normalized spacial score (nSPS) is 13.4. The Kier molecular flexibility index (Phi) is 4.27. The number of pyridine rings is 1. The van der Waals surface area contributed by atoms with Crippen LogP contribution in [0.3, 0.4) is 0 Å². The Morgan fingerprint density at radius 1 is 1.15 bits per heavy atom. The third kappa shape index (κ3) is 3.23. The predicted octanol–water partition coefficient (Wildman–Crippen LogP) is 2.31. The third-order valence-corrected chi connectivity index (χ3v) is 4.59. The van der Waals surface area contributed by atoms with Gasteiger partial charge in [0.2, 0.25) is 5.95 Å². The second-order valence-electron chi connectivity index (χ2n) is 6.34. The lowest BCUT2D eigenvalue weighted by Gasteiger charge is -2.30. The number of halogens is 1. The van der Waals surface area contributed by atoms with E-state index in [4.69, 9.17) is 0 Å². The lowest BCUT2D eigenvalue weighted by molar-refractivity contribution is 0.0645. The van der Waals surface area contributed by atoms with E-state index in [1.165, 1.54) is 6.20 Å². The smallest absolute Gasteiger partial charge is 0.272 e. The van der Waals surface area contributed by atoms with Crippen molar-refractivity contribution in [3.63, 3.8) is 0 Å². The van der Waals surface area contributed by atoms with Gasteiger partial charge in [0.05, 0.1) is 30.0 Å². The molecule has 3 aromatic rings. The molecule has 1 aliphatic rings. The Labute approximate surface area is 155 Å². The molecule has 1 N–H and O–H groups in total. The first-order valence-electron chi connectivity index (χ1n) is 8.56. The number of anilines is 2. The maximum Gasteiger partial charge on any atom is 0.272 e. The van der Waals surface area contributed by atoms with Crippen LogP contribution in [0.2, 0.25) is 0 Å². The first kappa shape index (κ1) is 17.1. The van der Waals surface area contributed by atoms with E-state index in [0.717, 1.165) is 31.5 Å². The minimum atomic E-state index is -0.530. The molecule has 1 aliphatic heterocycles. The first-order valence-corrected chi connectivity index (χ1v) is 8.56. The van der Waals surface area contributed by atoms with Crippen LogP contribution in [0.1, 0.15) is 22.7 Å². The number of imidazole rings is 1. The fourth-order valence-electron chi connectivity index (χ4n) is 2.73. The average Bonchev–Trinajstić information content (AvgIpc) is 2.95. The molecule has 0 unspecified atom stereocenters. The van der Waals surface area contributed by atoms with Crippen molar-refractivity contribution in [2.45, 2.75) is 13.3 Å². The van der Waals surface area contributed by atoms with E-state index >= 15 is 0 Å². The molecule has 0 radical (unpaired) electrons. The molecule has 8 nitrogen and oxygen atoms in total. The highest BCUT2D eigenvalue weighted by atomic mass is 19.1. The van der Waals surface area contributed by atoms with E-state index in [-0.39, 0.29) is 17.5 Å². The van der Waals surface area contributed by atoms with Gasteiger partial charge in [-0.15, -0.1) is 0 Å². The number of likely N-dealkylation sites (tertiary alicyclic amines) is 1. The summed E-state index contributed by atoms with van der Waals surface area (Å²) >= 11 is 0. The summed E-state index contributed by atoms with van der Waals surface area (Å²) in [6.45, 7) is 3.39. The molecule has 1 saturated heterocycles. The van der Waals surface area contributed by atoms with Gasteiger partial charge >= 0.3 is 0 Å². The van der Waals surface area contributed by atoms with Gasteiger partial charge in [0.15, 0.2) is 5.82 Å². The van der Waals surface area contributed by atoms with Crippen molar-refractivity contribution in [1.29, 1.82) is 0 Å². The van der Waals surface area contributed by atoms with Crippen molar-refractivity contribution < 1.29 is 9.18 Å². The number of hydrogen-bond donors (Lipinski definition) is 1. The van der Waals surface area contributed by atoms with E-state index in [1.54, 1.807) is 34.8 Å². The van der Waals surface area contributed by atoms with E-state index < -0.39 is 5.82 Å². The highest BCUT2D eigenvalue weighted by Gasteiger charge is 2.22. The molecule has 0 atom stereocenters. The lowest BCUT2D eigenvalue weighted by Crippen LogP contribution is -2.42. The molecule has 27 heavy (non-hydrogen) atoms. The van der Waals surface area contributed by atoms with Crippen LogP contribution in [-0.4, -0.2) is 48.4 Å². The molecular formula is C18H18FN7O. The summed E-state index contributed by atoms with van der Waals surface area (Å²) in [6, 6.07) is 3.37. The monoisotopic (exact) mass is 367 g/mol. The minimum absolute atomic E-state index is 0.0697. The van der Waals surface area contributed by atoms with Crippen LogP contribution in [0.25, 0.3) is 11.4 Å². The Bertz CT molecular complexity index is 995. The van der Waals surface area contributed by atoms with Gasteiger partial charge in [-0.1, -0.05) is 0 Å². The van der Waals surface area contributed by atoms with Gasteiger partial charge in [-0.05, 0) is 25.5 Å². The minimum Gasteiger partial charge on any atom is -0.337 e. The summed E-state index contributed by atoms with van der Waals surface area (Å²) < 4.78 is 15.9. The van der Waals surface area contributed by atoms with Crippen molar-refractivity contribution in [2.24, 2.45) is 7.05 Å². The standard InChI is InChI=1S/C18H18FN7O/c1-11-20-10-15(25(11)2)16-13(19)9-22-18(24-16)23-12-4-5-14(21-8-12)17(27)26-6-3-7-26/h4-5,8-10H,3,6-7H2,1-2H3,(H,22,23,24). The Balaban J connectivity index is 1.55.